The van der Waals surface area contributed by atoms with Crippen molar-refractivity contribution >= 4 is 5.69 Å². The van der Waals surface area contributed by atoms with Crippen molar-refractivity contribution in [3.8, 4) is 0 Å². The van der Waals surface area contributed by atoms with Crippen molar-refractivity contribution in [1.29, 1.82) is 0 Å². The van der Waals surface area contributed by atoms with Gasteiger partial charge in [-0.05, 0) is 36.9 Å². The van der Waals surface area contributed by atoms with Gasteiger partial charge in [-0.15, -0.1) is 0 Å². The van der Waals surface area contributed by atoms with Crippen molar-refractivity contribution in [3.05, 3.63) is 54.0 Å². The molecule has 0 amide bonds. The molecular weight excluding hydrogens is 236 g/mol. The number of likely N-dealkylation sites (N-methyl/N-ethyl adjacent to an activating group) is 1. The van der Waals surface area contributed by atoms with Gasteiger partial charge >= 0.3 is 0 Å². The van der Waals surface area contributed by atoms with Crippen LogP contribution in [0.3, 0.4) is 0 Å². The van der Waals surface area contributed by atoms with Gasteiger partial charge in [0, 0.05) is 17.6 Å². The molecule has 0 bridgehead atoms. The van der Waals surface area contributed by atoms with E-state index in [9.17, 15) is 0 Å². The Morgan fingerprint density at radius 1 is 1.16 bits per heavy atom. The highest BCUT2D eigenvalue weighted by Gasteiger charge is 2.22. The highest BCUT2D eigenvalue weighted by molar-refractivity contribution is 5.41. The lowest BCUT2D eigenvalue weighted by molar-refractivity contribution is 0.242. The average molecular weight is 258 g/mol. The van der Waals surface area contributed by atoms with Crippen molar-refractivity contribution in [2.75, 3.05) is 19.3 Å². The van der Waals surface area contributed by atoms with Gasteiger partial charge in [0.25, 0.3) is 0 Å². The van der Waals surface area contributed by atoms with E-state index in [0.717, 1.165) is 24.5 Å². The summed E-state index contributed by atoms with van der Waals surface area (Å²) in [5.74, 6) is 0.996. The zero-order valence-corrected chi connectivity index (χ0v) is 11.9. The minimum absolute atomic E-state index is 0.0784. The van der Waals surface area contributed by atoms with Crippen LogP contribution in [0.4, 0.5) is 5.69 Å². The van der Waals surface area contributed by atoms with Gasteiger partial charge in [-0.2, -0.15) is 0 Å². The summed E-state index contributed by atoms with van der Waals surface area (Å²) >= 11 is 0. The van der Waals surface area contributed by atoms with Crippen LogP contribution >= 0.6 is 0 Å². The number of rotatable bonds is 5. The molecule has 2 aromatic rings. The number of hydrogen-bond acceptors (Lipinski definition) is 3. The SMILES string of the molecule is CN(Cc1ccco1)CC(C)(C)c1ccc(N)cc1. The molecule has 2 N–H and O–H groups in total. The lowest BCUT2D eigenvalue weighted by Gasteiger charge is -2.30. The van der Waals surface area contributed by atoms with Gasteiger partial charge in [-0.1, -0.05) is 26.0 Å². The molecule has 0 radical (unpaired) electrons. The predicted octanol–water partition coefficient (Wildman–Crippen LogP) is 3.27. The van der Waals surface area contributed by atoms with E-state index in [1.165, 1.54) is 5.56 Å². The Kier molecular flexibility index (Phi) is 3.96. The molecule has 2 rings (SSSR count). The van der Waals surface area contributed by atoms with Crippen LogP contribution in [0.2, 0.25) is 0 Å². The fourth-order valence-corrected chi connectivity index (χ4v) is 2.42. The molecule has 0 atom stereocenters. The Bertz CT molecular complexity index is 500. The molecule has 0 unspecified atom stereocenters. The highest BCUT2D eigenvalue weighted by atomic mass is 16.3. The van der Waals surface area contributed by atoms with Crippen molar-refractivity contribution in [2.45, 2.75) is 25.8 Å². The second kappa shape index (κ2) is 5.49. The van der Waals surface area contributed by atoms with E-state index in [2.05, 4.69) is 37.9 Å². The van der Waals surface area contributed by atoms with E-state index < -0.39 is 0 Å². The summed E-state index contributed by atoms with van der Waals surface area (Å²) in [5, 5.41) is 0. The van der Waals surface area contributed by atoms with Crippen molar-refractivity contribution in [2.24, 2.45) is 0 Å². The summed E-state index contributed by atoms with van der Waals surface area (Å²) < 4.78 is 5.38. The molecule has 0 aliphatic rings. The van der Waals surface area contributed by atoms with Crippen LogP contribution in [0, 0.1) is 0 Å². The number of hydrogen-bond donors (Lipinski definition) is 1. The minimum Gasteiger partial charge on any atom is -0.468 e. The predicted molar refractivity (Wildman–Crippen MR) is 78.9 cm³/mol. The quantitative estimate of drug-likeness (QED) is 0.837. The largest absolute Gasteiger partial charge is 0.468 e. The van der Waals surface area contributed by atoms with Gasteiger partial charge in [-0.25, -0.2) is 0 Å². The molecule has 3 heteroatoms. The van der Waals surface area contributed by atoms with Gasteiger partial charge in [0.15, 0.2) is 0 Å². The second-order valence-electron chi connectivity index (χ2n) is 5.76. The van der Waals surface area contributed by atoms with Gasteiger partial charge in [0.1, 0.15) is 5.76 Å². The number of nitrogens with two attached hydrogens (primary N) is 1. The lowest BCUT2D eigenvalue weighted by atomic mass is 9.84. The molecule has 102 valence electrons. The molecule has 3 nitrogen and oxygen atoms in total. The summed E-state index contributed by atoms with van der Waals surface area (Å²) in [7, 11) is 2.11. The standard InChI is InChI=1S/C16H22N2O/c1-16(2,13-6-8-14(17)9-7-13)12-18(3)11-15-5-4-10-19-15/h4-10H,11-12,17H2,1-3H3. The van der Waals surface area contributed by atoms with Crippen LogP contribution in [0.5, 0.6) is 0 Å². The second-order valence-corrected chi connectivity index (χ2v) is 5.76. The molecule has 0 aliphatic carbocycles. The Hall–Kier alpha value is -1.74. The number of benzene rings is 1. The molecule has 1 heterocycles. The Morgan fingerprint density at radius 2 is 1.84 bits per heavy atom. The maximum Gasteiger partial charge on any atom is 0.117 e. The number of anilines is 1. The monoisotopic (exact) mass is 258 g/mol. The van der Waals surface area contributed by atoms with Gasteiger partial charge < -0.3 is 10.2 Å². The van der Waals surface area contributed by atoms with Gasteiger partial charge in [0.2, 0.25) is 0 Å². The van der Waals surface area contributed by atoms with Crippen molar-refractivity contribution < 1.29 is 4.42 Å². The van der Waals surface area contributed by atoms with E-state index in [1.807, 2.05) is 24.3 Å². The molecule has 0 aliphatic heterocycles. The number of nitrogens with zero attached hydrogens (tertiary/aromatic N) is 1. The van der Waals surface area contributed by atoms with E-state index in [1.54, 1.807) is 6.26 Å². The molecule has 0 saturated heterocycles. The summed E-state index contributed by atoms with van der Waals surface area (Å²) in [6.07, 6.45) is 1.72. The lowest BCUT2D eigenvalue weighted by Crippen LogP contribution is -2.34. The molecule has 0 spiro atoms. The number of furan rings is 1. The molecule has 0 fully saturated rings. The molecular formula is C16H22N2O. The fourth-order valence-electron chi connectivity index (χ4n) is 2.42. The van der Waals surface area contributed by atoms with E-state index in [-0.39, 0.29) is 5.41 Å². The first-order valence-electron chi connectivity index (χ1n) is 6.54. The summed E-state index contributed by atoms with van der Waals surface area (Å²) in [5.41, 5.74) is 7.93. The topological polar surface area (TPSA) is 42.4 Å². The third-order valence-corrected chi connectivity index (χ3v) is 3.36. The minimum atomic E-state index is 0.0784. The van der Waals surface area contributed by atoms with E-state index >= 15 is 0 Å². The average Bonchev–Trinajstić information content (AvgIpc) is 2.81. The fraction of sp³-hybridized carbons (Fsp3) is 0.375. The zero-order chi connectivity index (χ0) is 13.9. The Morgan fingerprint density at radius 3 is 2.42 bits per heavy atom. The van der Waals surface area contributed by atoms with Gasteiger partial charge in [-0.3, -0.25) is 4.90 Å². The summed E-state index contributed by atoms with van der Waals surface area (Å²) in [4.78, 5) is 2.27. The molecule has 1 aromatic heterocycles. The summed E-state index contributed by atoms with van der Waals surface area (Å²) in [6.45, 7) is 6.28. The molecule has 1 aromatic carbocycles. The highest BCUT2D eigenvalue weighted by Crippen LogP contribution is 2.25. The number of nitrogen functional groups attached to an aromatic ring is 1. The normalized spacial score (nSPS) is 12.0. The maximum absolute atomic E-state index is 5.74. The smallest absolute Gasteiger partial charge is 0.117 e. The first-order chi connectivity index (χ1) is 8.97. The van der Waals surface area contributed by atoms with Crippen LogP contribution in [0.15, 0.2) is 47.1 Å². The van der Waals surface area contributed by atoms with Crippen LogP contribution < -0.4 is 5.73 Å². The zero-order valence-electron chi connectivity index (χ0n) is 11.9. The van der Waals surface area contributed by atoms with Gasteiger partial charge in [0.05, 0.1) is 12.8 Å². The summed E-state index contributed by atoms with van der Waals surface area (Å²) in [6, 6.07) is 12.1. The van der Waals surface area contributed by atoms with Crippen LogP contribution in [0.25, 0.3) is 0 Å². The Labute approximate surface area is 115 Å². The van der Waals surface area contributed by atoms with E-state index in [0.29, 0.717) is 0 Å². The maximum atomic E-state index is 5.74. The van der Waals surface area contributed by atoms with Crippen LogP contribution in [-0.2, 0) is 12.0 Å². The van der Waals surface area contributed by atoms with Crippen molar-refractivity contribution in [1.82, 2.24) is 4.90 Å². The molecule has 0 saturated carbocycles. The van der Waals surface area contributed by atoms with E-state index in [4.69, 9.17) is 10.2 Å². The van der Waals surface area contributed by atoms with Crippen molar-refractivity contribution in [3.63, 3.8) is 0 Å². The first kappa shape index (κ1) is 13.7. The first-order valence-corrected chi connectivity index (χ1v) is 6.54. The third-order valence-electron chi connectivity index (χ3n) is 3.36. The van der Waals surface area contributed by atoms with Crippen LogP contribution in [0.1, 0.15) is 25.2 Å². The third kappa shape index (κ3) is 3.61. The Balaban J connectivity index is 2.01. The molecule has 19 heavy (non-hydrogen) atoms. The van der Waals surface area contributed by atoms with Crippen LogP contribution in [-0.4, -0.2) is 18.5 Å².